The van der Waals surface area contributed by atoms with Gasteiger partial charge in [0.05, 0.1) is 17.8 Å². The van der Waals surface area contributed by atoms with Crippen molar-refractivity contribution in [1.29, 1.82) is 10.7 Å². The summed E-state index contributed by atoms with van der Waals surface area (Å²) in [6.07, 6.45) is 0. The first-order valence-corrected chi connectivity index (χ1v) is 9.41. The number of para-hydroxylation sites is 1. The zero-order valence-corrected chi connectivity index (χ0v) is 17.3. The van der Waals surface area contributed by atoms with Crippen LogP contribution in [0.3, 0.4) is 0 Å². The molecule has 0 unspecified atom stereocenters. The number of hydrogen-bond donors (Lipinski definition) is 4. The Kier molecular flexibility index (Phi) is 7.53. The molecule has 0 aliphatic carbocycles. The highest BCUT2D eigenvalue weighted by molar-refractivity contribution is 6.45. The van der Waals surface area contributed by atoms with Crippen molar-refractivity contribution in [3.63, 3.8) is 0 Å². The fourth-order valence-electron chi connectivity index (χ4n) is 2.52. The minimum atomic E-state index is -0.459. The summed E-state index contributed by atoms with van der Waals surface area (Å²) in [6.45, 7) is 7.08. The van der Waals surface area contributed by atoms with E-state index >= 15 is 0 Å². The summed E-state index contributed by atoms with van der Waals surface area (Å²) in [5, 5.41) is 22.7. The highest BCUT2D eigenvalue weighted by Gasteiger charge is 2.13. The molecule has 0 aromatic heterocycles. The van der Waals surface area contributed by atoms with Gasteiger partial charge in [-0.1, -0.05) is 45.0 Å². The van der Waals surface area contributed by atoms with Gasteiger partial charge in [-0.15, -0.1) is 0 Å². The summed E-state index contributed by atoms with van der Waals surface area (Å²) < 4.78 is 5.68. The molecular weight excluding hydrogens is 380 g/mol. The molecule has 0 saturated carbocycles. The molecule has 0 bridgehead atoms. The van der Waals surface area contributed by atoms with Crippen LogP contribution in [0.2, 0.25) is 0 Å². The van der Waals surface area contributed by atoms with Gasteiger partial charge in [0.15, 0.2) is 5.84 Å². The van der Waals surface area contributed by atoms with Crippen molar-refractivity contribution in [2.24, 2.45) is 10.8 Å². The van der Waals surface area contributed by atoms with E-state index in [1.54, 1.807) is 30.3 Å². The maximum atomic E-state index is 12.5. The quantitative estimate of drug-likeness (QED) is 0.231. The Bertz CT molecular complexity index is 968. The maximum absolute atomic E-state index is 12.5. The number of amides is 1. The van der Waals surface area contributed by atoms with Crippen LogP contribution in [-0.2, 0) is 5.41 Å². The number of benzene rings is 2. The van der Waals surface area contributed by atoms with Crippen molar-refractivity contribution >= 4 is 23.1 Å². The number of amidine groups is 1. The van der Waals surface area contributed by atoms with Crippen molar-refractivity contribution in [2.75, 3.05) is 18.6 Å². The molecule has 0 saturated heterocycles. The standard InChI is InChI=1S/C22H26N6O2/c1-22(2,3)15-8-10-16(11-9-15)30-13-12-26-21(29)17-6-4-5-7-18(17)27-28-19(14-23)20(24)25/h4-11,27H,12-13H2,1-3H3,(H3,24,25)(H,26,29)/b28-19+. The largest absolute Gasteiger partial charge is 0.492 e. The number of ether oxygens (including phenoxy) is 1. The second kappa shape index (κ2) is 10.1. The highest BCUT2D eigenvalue weighted by atomic mass is 16.5. The van der Waals surface area contributed by atoms with Gasteiger partial charge < -0.3 is 15.8 Å². The Hall–Kier alpha value is -3.86. The molecule has 1 amide bonds. The average molecular weight is 406 g/mol. The third kappa shape index (κ3) is 6.34. The fourth-order valence-corrected chi connectivity index (χ4v) is 2.52. The van der Waals surface area contributed by atoms with Crippen LogP contribution in [-0.4, -0.2) is 30.6 Å². The molecule has 0 spiro atoms. The number of rotatable bonds is 8. The molecule has 0 atom stereocenters. The van der Waals surface area contributed by atoms with Gasteiger partial charge >= 0.3 is 0 Å². The molecule has 0 fully saturated rings. The number of nitrogens with two attached hydrogens (primary N) is 1. The molecule has 30 heavy (non-hydrogen) atoms. The number of nitriles is 1. The van der Waals surface area contributed by atoms with Crippen LogP contribution in [0.4, 0.5) is 5.69 Å². The van der Waals surface area contributed by atoms with E-state index in [2.05, 4.69) is 36.6 Å². The zero-order chi connectivity index (χ0) is 22.1. The molecule has 2 aromatic carbocycles. The lowest BCUT2D eigenvalue weighted by molar-refractivity contribution is 0.0947. The molecule has 8 nitrogen and oxygen atoms in total. The lowest BCUT2D eigenvalue weighted by Gasteiger charge is -2.19. The number of nitrogens with one attached hydrogen (secondary N) is 3. The number of carbonyl (C=O) groups excluding carboxylic acids is 1. The van der Waals surface area contributed by atoms with Gasteiger partial charge in [-0.3, -0.25) is 15.6 Å². The predicted octanol–water partition coefficient (Wildman–Crippen LogP) is 3.02. The third-order valence-corrected chi connectivity index (χ3v) is 4.20. The van der Waals surface area contributed by atoms with Gasteiger partial charge in [0.1, 0.15) is 18.4 Å². The van der Waals surface area contributed by atoms with Crippen LogP contribution < -0.4 is 21.2 Å². The predicted molar refractivity (Wildman–Crippen MR) is 118 cm³/mol. The normalized spacial score (nSPS) is 11.3. The van der Waals surface area contributed by atoms with Crippen LogP contribution in [0.25, 0.3) is 0 Å². The molecule has 8 heteroatoms. The monoisotopic (exact) mass is 406 g/mol. The Morgan fingerprint density at radius 2 is 1.87 bits per heavy atom. The minimum absolute atomic E-state index is 0.0798. The van der Waals surface area contributed by atoms with E-state index in [4.69, 9.17) is 21.1 Å². The molecular formula is C22H26N6O2. The molecule has 0 aliphatic heterocycles. The van der Waals surface area contributed by atoms with E-state index in [0.717, 1.165) is 5.75 Å². The smallest absolute Gasteiger partial charge is 0.253 e. The van der Waals surface area contributed by atoms with Crippen molar-refractivity contribution in [2.45, 2.75) is 26.2 Å². The van der Waals surface area contributed by atoms with Crippen LogP contribution >= 0.6 is 0 Å². The van der Waals surface area contributed by atoms with Crippen molar-refractivity contribution in [3.05, 3.63) is 59.7 Å². The van der Waals surface area contributed by atoms with Crippen molar-refractivity contribution < 1.29 is 9.53 Å². The summed E-state index contributed by atoms with van der Waals surface area (Å²) in [6, 6.07) is 16.3. The molecule has 5 N–H and O–H groups in total. The Morgan fingerprint density at radius 3 is 2.47 bits per heavy atom. The first kappa shape index (κ1) is 22.4. The molecule has 0 radical (unpaired) electrons. The Morgan fingerprint density at radius 1 is 1.20 bits per heavy atom. The van der Waals surface area contributed by atoms with Gasteiger partial charge in [0, 0.05) is 0 Å². The van der Waals surface area contributed by atoms with E-state index in [1.165, 1.54) is 5.56 Å². The van der Waals surface area contributed by atoms with Crippen LogP contribution in [0.15, 0.2) is 53.6 Å². The number of hydrazone groups is 1. The number of anilines is 1. The molecule has 2 aromatic rings. The Labute approximate surface area is 176 Å². The molecule has 0 aliphatic rings. The second-order valence-electron chi connectivity index (χ2n) is 7.52. The van der Waals surface area contributed by atoms with Crippen molar-refractivity contribution in [3.8, 4) is 11.8 Å². The van der Waals surface area contributed by atoms with E-state index < -0.39 is 5.84 Å². The van der Waals surface area contributed by atoms with Crippen LogP contribution in [0.5, 0.6) is 5.75 Å². The van der Waals surface area contributed by atoms with E-state index in [-0.39, 0.29) is 17.0 Å². The Balaban J connectivity index is 1.91. The van der Waals surface area contributed by atoms with Crippen LogP contribution in [0, 0.1) is 16.7 Å². The zero-order valence-electron chi connectivity index (χ0n) is 17.3. The molecule has 0 heterocycles. The average Bonchev–Trinajstić information content (AvgIpc) is 2.71. The minimum Gasteiger partial charge on any atom is -0.492 e. The first-order valence-electron chi connectivity index (χ1n) is 9.41. The highest BCUT2D eigenvalue weighted by Crippen LogP contribution is 2.24. The number of hydrogen-bond acceptors (Lipinski definition) is 6. The second-order valence-corrected chi connectivity index (χ2v) is 7.52. The number of nitrogens with zero attached hydrogens (tertiary/aromatic N) is 2. The molecule has 156 valence electrons. The van der Waals surface area contributed by atoms with Gasteiger partial charge in [-0.2, -0.15) is 10.4 Å². The van der Waals surface area contributed by atoms with E-state index in [9.17, 15) is 4.79 Å². The number of carbonyl (C=O) groups is 1. The van der Waals surface area contributed by atoms with E-state index in [1.807, 2.05) is 24.3 Å². The van der Waals surface area contributed by atoms with Gasteiger partial charge in [0.25, 0.3) is 5.91 Å². The summed E-state index contributed by atoms with van der Waals surface area (Å²) in [4.78, 5) is 12.5. The van der Waals surface area contributed by atoms with E-state index in [0.29, 0.717) is 24.4 Å². The molecule has 2 rings (SSSR count). The summed E-state index contributed by atoms with van der Waals surface area (Å²) in [7, 11) is 0. The summed E-state index contributed by atoms with van der Waals surface area (Å²) in [5.74, 6) is -0.0390. The topological polar surface area (TPSA) is 136 Å². The maximum Gasteiger partial charge on any atom is 0.253 e. The first-order chi connectivity index (χ1) is 14.2. The van der Waals surface area contributed by atoms with Gasteiger partial charge in [-0.25, -0.2) is 0 Å². The third-order valence-electron chi connectivity index (χ3n) is 4.20. The lowest BCUT2D eigenvalue weighted by Crippen LogP contribution is -2.28. The lowest BCUT2D eigenvalue weighted by atomic mass is 9.87. The van der Waals surface area contributed by atoms with Crippen molar-refractivity contribution in [1.82, 2.24) is 5.32 Å². The fraction of sp³-hybridized carbons (Fsp3) is 0.273. The van der Waals surface area contributed by atoms with Gasteiger partial charge in [0.2, 0.25) is 5.71 Å². The summed E-state index contributed by atoms with van der Waals surface area (Å²) in [5.41, 5.74) is 9.65. The van der Waals surface area contributed by atoms with Crippen LogP contribution in [0.1, 0.15) is 36.7 Å². The van der Waals surface area contributed by atoms with Gasteiger partial charge in [-0.05, 0) is 35.2 Å². The SMILES string of the molecule is CC(C)(C)c1ccc(OCCNC(=O)c2ccccc2N/N=C(\C#N)C(=N)N)cc1. The summed E-state index contributed by atoms with van der Waals surface area (Å²) >= 11 is 0.